The van der Waals surface area contributed by atoms with Gasteiger partial charge in [0.05, 0.1) is 25.6 Å². The number of hydrogen-bond acceptors (Lipinski definition) is 7. The zero-order chi connectivity index (χ0) is 23.0. The van der Waals surface area contributed by atoms with E-state index in [1.165, 1.54) is 9.13 Å². The molecule has 32 heavy (non-hydrogen) atoms. The summed E-state index contributed by atoms with van der Waals surface area (Å²) in [6.45, 7) is 0. The summed E-state index contributed by atoms with van der Waals surface area (Å²) in [5.41, 5.74) is 1.96. The van der Waals surface area contributed by atoms with E-state index in [1.807, 2.05) is 42.5 Å². The lowest BCUT2D eigenvalue weighted by molar-refractivity contribution is 0.391. The molecule has 0 amide bonds. The topological polar surface area (TPSA) is 78.0 Å². The van der Waals surface area contributed by atoms with E-state index < -0.39 is 0 Å². The molecule has 1 atom stereocenters. The zero-order valence-electron chi connectivity index (χ0n) is 18.2. The van der Waals surface area contributed by atoms with Gasteiger partial charge in [0.1, 0.15) is 17.1 Å². The molecular weight excluding hydrogens is 446 g/mol. The number of hydrogen-bond donors (Lipinski definition) is 1. The van der Waals surface area contributed by atoms with Gasteiger partial charge < -0.3 is 14.6 Å². The van der Waals surface area contributed by atoms with E-state index in [0.29, 0.717) is 23.6 Å². The summed E-state index contributed by atoms with van der Waals surface area (Å²) in [7, 11) is 6.45. The molecule has 0 radical (unpaired) electrons. The molecule has 1 aromatic heterocycles. The maximum Gasteiger partial charge on any atom is 0.267 e. The zero-order valence-corrected chi connectivity index (χ0v) is 19.8. The van der Waals surface area contributed by atoms with Crippen molar-refractivity contribution >= 4 is 35.4 Å². The van der Waals surface area contributed by atoms with Crippen molar-refractivity contribution in [2.24, 2.45) is 19.1 Å². The summed E-state index contributed by atoms with van der Waals surface area (Å²) in [5, 5.41) is 10.7. The van der Waals surface area contributed by atoms with E-state index in [4.69, 9.17) is 26.7 Å². The number of para-hydroxylation sites is 1. The predicted octanol–water partition coefficient (Wildman–Crippen LogP) is 4.53. The number of thioether (sulfide) groups is 1. The Hall–Kier alpha value is -3.04. The SMILES string of the molecule is COc1ccc([C@@H]2CC(c3c(O)n(C)c(=S)n(C)c3=O)=Nc3ccccc3S2)c(OC)c1. The first-order valence-corrected chi connectivity index (χ1v) is 11.2. The van der Waals surface area contributed by atoms with Gasteiger partial charge >= 0.3 is 0 Å². The largest absolute Gasteiger partial charge is 0.497 e. The molecule has 7 nitrogen and oxygen atoms in total. The van der Waals surface area contributed by atoms with Crippen LogP contribution in [0.4, 0.5) is 5.69 Å². The van der Waals surface area contributed by atoms with Crippen molar-refractivity contribution in [3.8, 4) is 17.4 Å². The summed E-state index contributed by atoms with van der Waals surface area (Å²) in [6, 6.07) is 13.4. The van der Waals surface area contributed by atoms with Crippen molar-refractivity contribution in [2.75, 3.05) is 14.2 Å². The van der Waals surface area contributed by atoms with Gasteiger partial charge in [0.25, 0.3) is 5.56 Å². The summed E-state index contributed by atoms with van der Waals surface area (Å²) in [4.78, 5) is 18.9. The number of fused-ring (bicyclic) bond motifs is 1. The number of nitrogens with zero attached hydrogens (tertiary/aromatic N) is 3. The number of methoxy groups -OCH3 is 2. The highest BCUT2D eigenvalue weighted by atomic mass is 32.2. The van der Waals surface area contributed by atoms with Crippen LogP contribution in [0.25, 0.3) is 0 Å². The van der Waals surface area contributed by atoms with E-state index in [2.05, 4.69) is 0 Å². The number of aromatic hydroxyl groups is 1. The Balaban J connectivity index is 1.93. The van der Waals surface area contributed by atoms with Crippen LogP contribution in [0.15, 0.2) is 57.1 Å². The van der Waals surface area contributed by atoms with Crippen molar-refractivity contribution in [2.45, 2.75) is 16.6 Å². The smallest absolute Gasteiger partial charge is 0.267 e. The third-order valence-corrected chi connectivity index (χ3v) is 7.33. The van der Waals surface area contributed by atoms with Crippen LogP contribution in [-0.2, 0) is 14.1 Å². The second kappa shape index (κ2) is 8.84. The van der Waals surface area contributed by atoms with E-state index in [1.54, 1.807) is 40.1 Å². The van der Waals surface area contributed by atoms with Crippen LogP contribution in [-0.4, -0.2) is 34.2 Å². The molecule has 4 rings (SSSR count). The standard InChI is InChI=1S/C23H23N3O4S2/c1-25-21(27)20(22(28)26(2)23(25)31)16-12-19(32-18-8-6-5-7-15(18)24-16)14-10-9-13(29-3)11-17(14)30-4/h5-11,19,27H,12H2,1-4H3/t19-/m0/s1. The Morgan fingerprint density at radius 2 is 1.88 bits per heavy atom. The molecule has 2 aromatic carbocycles. The maximum atomic E-state index is 13.1. The first-order chi connectivity index (χ1) is 15.3. The Morgan fingerprint density at radius 1 is 1.12 bits per heavy atom. The van der Waals surface area contributed by atoms with Gasteiger partial charge in [-0.25, -0.2) is 0 Å². The van der Waals surface area contributed by atoms with Crippen LogP contribution in [0.5, 0.6) is 17.4 Å². The molecule has 0 spiro atoms. The maximum absolute atomic E-state index is 13.1. The molecule has 0 unspecified atom stereocenters. The van der Waals surface area contributed by atoms with Gasteiger partial charge in [-0.1, -0.05) is 18.2 Å². The molecule has 0 saturated heterocycles. The quantitative estimate of drug-likeness (QED) is 0.566. The lowest BCUT2D eigenvalue weighted by atomic mass is 10.0. The number of aromatic nitrogens is 2. The molecule has 166 valence electrons. The molecule has 1 aliphatic rings. The van der Waals surface area contributed by atoms with Gasteiger partial charge in [0.15, 0.2) is 4.77 Å². The lowest BCUT2D eigenvalue weighted by Crippen LogP contribution is -2.29. The van der Waals surface area contributed by atoms with Crippen molar-refractivity contribution in [3.05, 3.63) is 68.7 Å². The minimum atomic E-state index is -0.380. The minimum absolute atomic E-state index is 0.115. The average molecular weight is 470 g/mol. The summed E-state index contributed by atoms with van der Waals surface area (Å²) in [6.07, 6.45) is 0.404. The normalized spacial score (nSPS) is 15.5. The van der Waals surface area contributed by atoms with E-state index in [9.17, 15) is 9.90 Å². The monoisotopic (exact) mass is 469 g/mol. The van der Waals surface area contributed by atoms with Gasteiger partial charge in [0.2, 0.25) is 5.88 Å². The van der Waals surface area contributed by atoms with Gasteiger partial charge in [-0.3, -0.25) is 18.9 Å². The molecule has 1 aliphatic heterocycles. The summed E-state index contributed by atoms with van der Waals surface area (Å²) in [5.74, 6) is 1.18. The fourth-order valence-electron chi connectivity index (χ4n) is 3.71. The van der Waals surface area contributed by atoms with Gasteiger partial charge in [-0.05, 0) is 30.4 Å². The highest BCUT2D eigenvalue weighted by Crippen LogP contribution is 2.48. The molecule has 9 heteroatoms. The third-order valence-electron chi connectivity index (χ3n) is 5.48. The Kier molecular flexibility index (Phi) is 6.12. The van der Waals surface area contributed by atoms with Crippen LogP contribution >= 0.6 is 24.0 Å². The summed E-state index contributed by atoms with van der Waals surface area (Å²) >= 11 is 6.91. The highest BCUT2D eigenvalue weighted by molar-refractivity contribution is 7.99. The van der Waals surface area contributed by atoms with Crippen LogP contribution in [0.1, 0.15) is 22.8 Å². The first-order valence-electron chi connectivity index (χ1n) is 9.90. The molecule has 2 heterocycles. The fourth-order valence-corrected chi connectivity index (χ4v) is 5.14. The average Bonchev–Trinajstić information content (AvgIpc) is 3.00. The van der Waals surface area contributed by atoms with Gasteiger partial charge in [-0.15, -0.1) is 11.8 Å². The van der Waals surface area contributed by atoms with Crippen LogP contribution in [0.2, 0.25) is 0 Å². The number of rotatable bonds is 4. The van der Waals surface area contributed by atoms with E-state index in [-0.39, 0.29) is 27.0 Å². The molecule has 3 aromatic rings. The van der Waals surface area contributed by atoms with Crippen molar-refractivity contribution < 1.29 is 14.6 Å². The lowest BCUT2D eigenvalue weighted by Gasteiger charge is -2.20. The second-order valence-corrected chi connectivity index (χ2v) is 8.96. The Labute approximate surface area is 195 Å². The third kappa shape index (κ3) is 3.82. The predicted molar refractivity (Wildman–Crippen MR) is 129 cm³/mol. The van der Waals surface area contributed by atoms with E-state index >= 15 is 0 Å². The van der Waals surface area contributed by atoms with Crippen molar-refractivity contribution in [1.82, 2.24) is 9.13 Å². The highest BCUT2D eigenvalue weighted by Gasteiger charge is 2.28. The van der Waals surface area contributed by atoms with Crippen molar-refractivity contribution in [3.63, 3.8) is 0 Å². The second-order valence-electron chi connectivity index (χ2n) is 7.35. The molecular formula is C23H23N3O4S2. The minimum Gasteiger partial charge on any atom is -0.497 e. The first kappa shape index (κ1) is 22.2. The molecule has 0 saturated carbocycles. The molecule has 1 N–H and O–H groups in total. The van der Waals surface area contributed by atoms with Gasteiger partial charge in [-0.2, -0.15) is 0 Å². The van der Waals surface area contributed by atoms with Gasteiger partial charge in [0, 0.05) is 42.3 Å². The van der Waals surface area contributed by atoms with Crippen molar-refractivity contribution in [1.29, 1.82) is 0 Å². The molecule has 0 bridgehead atoms. The number of ether oxygens (including phenoxy) is 2. The summed E-state index contributed by atoms with van der Waals surface area (Å²) < 4.78 is 14.0. The number of aliphatic imine (C=N–C) groups is 1. The van der Waals surface area contributed by atoms with Crippen LogP contribution < -0.4 is 15.0 Å². The van der Waals surface area contributed by atoms with E-state index in [0.717, 1.165) is 16.1 Å². The Bertz CT molecular complexity index is 1340. The Morgan fingerprint density at radius 3 is 2.59 bits per heavy atom. The van der Waals surface area contributed by atoms with Crippen LogP contribution in [0.3, 0.4) is 0 Å². The fraction of sp³-hybridized carbons (Fsp3) is 0.261. The number of benzene rings is 2. The van der Waals surface area contributed by atoms with Crippen LogP contribution in [0, 0.1) is 4.77 Å². The molecule has 0 fully saturated rings. The molecule has 0 aliphatic carbocycles.